The summed E-state index contributed by atoms with van der Waals surface area (Å²) in [5, 5.41) is 14.7. The standard InChI is InChI=1S/C21H24FN7O3/c1-31-18-11-16(12-19(13-18)32-2)23-21(30)28-8-6-27(7-9-28)14-20-24-25-26-29(20)17-5-3-4-15(22)10-17/h3-5,10-13H,6-9,14H2,1-2H3,(H,23,30). The number of tetrazole rings is 1. The monoisotopic (exact) mass is 441 g/mol. The number of methoxy groups -OCH3 is 2. The smallest absolute Gasteiger partial charge is 0.321 e. The molecular formula is C21H24FN7O3. The number of hydrogen-bond donors (Lipinski definition) is 1. The first-order chi connectivity index (χ1) is 15.6. The van der Waals surface area contributed by atoms with Crippen LogP contribution in [0.25, 0.3) is 5.69 Å². The Labute approximate surface area is 184 Å². The van der Waals surface area contributed by atoms with Gasteiger partial charge in [0.15, 0.2) is 5.82 Å². The second kappa shape index (κ2) is 9.60. The molecule has 2 heterocycles. The van der Waals surface area contributed by atoms with E-state index in [1.807, 2.05) is 0 Å². The number of benzene rings is 2. The van der Waals surface area contributed by atoms with Crippen LogP contribution in [0, 0.1) is 5.82 Å². The fourth-order valence-corrected chi connectivity index (χ4v) is 3.50. The predicted octanol–water partition coefficient (Wildman–Crippen LogP) is 2.17. The molecule has 11 heteroatoms. The van der Waals surface area contributed by atoms with Gasteiger partial charge in [-0.15, -0.1) is 5.10 Å². The second-order valence-corrected chi connectivity index (χ2v) is 7.28. The lowest BCUT2D eigenvalue weighted by Gasteiger charge is -2.34. The maximum absolute atomic E-state index is 13.6. The largest absolute Gasteiger partial charge is 0.497 e. The first-order valence-electron chi connectivity index (χ1n) is 10.1. The summed E-state index contributed by atoms with van der Waals surface area (Å²) in [6.45, 7) is 2.91. The van der Waals surface area contributed by atoms with Gasteiger partial charge in [0.1, 0.15) is 17.3 Å². The zero-order valence-electron chi connectivity index (χ0n) is 17.9. The van der Waals surface area contributed by atoms with Crippen LogP contribution in [-0.4, -0.2) is 76.4 Å². The number of anilines is 1. The summed E-state index contributed by atoms with van der Waals surface area (Å²) in [4.78, 5) is 16.6. The fraction of sp³-hybridized carbons (Fsp3) is 0.333. The lowest BCUT2D eigenvalue weighted by atomic mass is 10.2. The summed E-state index contributed by atoms with van der Waals surface area (Å²) < 4.78 is 25.6. The van der Waals surface area contributed by atoms with Gasteiger partial charge >= 0.3 is 6.03 Å². The van der Waals surface area contributed by atoms with Crippen LogP contribution in [0.15, 0.2) is 42.5 Å². The number of nitrogens with one attached hydrogen (secondary N) is 1. The van der Waals surface area contributed by atoms with E-state index in [2.05, 4.69) is 25.7 Å². The van der Waals surface area contributed by atoms with E-state index >= 15 is 0 Å². The van der Waals surface area contributed by atoms with Crippen LogP contribution in [0.3, 0.4) is 0 Å². The third-order valence-corrected chi connectivity index (χ3v) is 5.21. The average molecular weight is 441 g/mol. The van der Waals surface area contributed by atoms with E-state index in [-0.39, 0.29) is 11.8 Å². The van der Waals surface area contributed by atoms with Gasteiger partial charge in [-0.3, -0.25) is 4.90 Å². The van der Waals surface area contributed by atoms with Crippen molar-refractivity contribution < 1.29 is 18.7 Å². The summed E-state index contributed by atoms with van der Waals surface area (Å²) in [6.07, 6.45) is 0. The highest BCUT2D eigenvalue weighted by Gasteiger charge is 2.23. The van der Waals surface area contributed by atoms with Crippen LogP contribution in [0.1, 0.15) is 5.82 Å². The van der Waals surface area contributed by atoms with Crippen molar-refractivity contribution in [2.45, 2.75) is 6.54 Å². The number of urea groups is 1. The molecule has 32 heavy (non-hydrogen) atoms. The van der Waals surface area contributed by atoms with E-state index in [0.29, 0.717) is 61.4 Å². The molecule has 0 spiro atoms. The SMILES string of the molecule is COc1cc(NC(=O)N2CCN(Cc3nnnn3-c3cccc(F)c3)CC2)cc(OC)c1. The van der Waals surface area contributed by atoms with Gasteiger partial charge in [-0.05, 0) is 28.6 Å². The summed E-state index contributed by atoms with van der Waals surface area (Å²) in [7, 11) is 3.12. The summed E-state index contributed by atoms with van der Waals surface area (Å²) in [6, 6.07) is 11.2. The van der Waals surface area contributed by atoms with Crippen LogP contribution in [0.2, 0.25) is 0 Å². The quantitative estimate of drug-likeness (QED) is 0.626. The van der Waals surface area contributed by atoms with Crippen molar-refractivity contribution in [1.29, 1.82) is 0 Å². The molecule has 0 bridgehead atoms. The Balaban J connectivity index is 1.34. The van der Waals surface area contributed by atoms with Crippen molar-refractivity contribution in [2.24, 2.45) is 0 Å². The van der Waals surface area contributed by atoms with Gasteiger partial charge in [0, 0.05) is 50.1 Å². The van der Waals surface area contributed by atoms with Crippen LogP contribution >= 0.6 is 0 Å². The van der Waals surface area contributed by atoms with Crippen LogP contribution in [0.5, 0.6) is 11.5 Å². The number of nitrogens with zero attached hydrogens (tertiary/aromatic N) is 6. The van der Waals surface area contributed by atoms with Gasteiger partial charge in [0.05, 0.1) is 26.5 Å². The number of carbonyl (C=O) groups excluding carboxylic acids is 1. The maximum atomic E-state index is 13.6. The Morgan fingerprint density at radius 3 is 2.44 bits per heavy atom. The summed E-state index contributed by atoms with van der Waals surface area (Å²) in [5.74, 6) is 1.45. The minimum Gasteiger partial charge on any atom is -0.497 e. The van der Waals surface area contributed by atoms with Crippen LogP contribution in [0.4, 0.5) is 14.9 Å². The van der Waals surface area contributed by atoms with E-state index in [0.717, 1.165) is 0 Å². The molecule has 0 saturated carbocycles. The van der Waals surface area contributed by atoms with Gasteiger partial charge in [0.2, 0.25) is 0 Å². The van der Waals surface area contributed by atoms with Crippen molar-refractivity contribution in [3.8, 4) is 17.2 Å². The van der Waals surface area contributed by atoms with Gasteiger partial charge in [0.25, 0.3) is 0 Å². The minimum atomic E-state index is -0.350. The van der Waals surface area contributed by atoms with Gasteiger partial charge in [-0.2, -0.15) is 4.68 Å². The molecule has 2 aromatic carbocycles. The molecule has 1 saturated heterocycles. The molecule has 1 fully saturated rings. The molecule has 0 radical (unpaired) electrons. The Bertz CT molecular complexity index is 1060. The number of piperazine rings is 1. The highest BCUT2D eigenvalue weighted by molar-refractivity contribution is 5.90. The molecule has 1 aromatic heterocycles. The van der Waals surface area contributed by atoms with Crippen molar-refractivity contribution in [2.75, 3.05) is 45.7 Å². The molecule has 0 atom stereocenters. The number of carbonyl (C=O) groups is 1. The van der Waals surface area contributed by atoms with E-state index < -0.39 is 0 Å². The maximum Gasteiger partial charge on any atom is 0.321 e. The van der Waals surface area contributed by atoms with Crippen molar-refractivity contribution in [3.63, 3.8) is 0 Å². The lowest BCUT2D eigenvalue weighted by molar-refractivity contribution is 0.140. The van der Waals surface area contributed by atoms with Gasteiger partial charge in [-0.25, -0.2) is 9.18 Å². The molecule has 168 valence electrons. The molecule has 1 N–H and O–H groups in total. The average Bonchev–Trinajstić information content (AvgIpc) is 3.27. The molecular weight excluding hydrogens is 417 g/mol. The third kappa shape index (κ3) is 4.94. The third-order valence-electron chi connectivity index (χ3n) is 5.21. The number of rotatable bonds is 6. The molecule has 0 unspecified atom stereocenters. The van der Waals surface area contributed by atoms with Crippen LogP contribution < -0.4 is 14.8 Å². The Kier molecular flexibility index (Phi) is 6.45. The Morgan fingerprint density at radius 2 is 1.78 bits per heavy atom. The molecule has 1 aliphatic rings. The topological polar surface area (TPSA) is 97.6 Å². The summed E-state index contributed by atoms with van der Waals surface area (Å²) >= 11 is 0. The first-order valence-corrected chi connectivity index (χ1v) is 10.1. The number of hydrogen-bond acceptors (Lipinski definition) is 7. The minimum absolute atomic E-state index is 0.190. The van der Waals surface area contributed by atoms with E-state index in [1.165, 1.54) is 16.8 Å². The fourth-order valence-electron chi connectivity index (χ4n) is 3.50. The molecule has 0 aliphatic carbocycles. The normalized spacial score (nSPS) is 14.3. The van der Waals surface area contributed by atoms with E-state index in [4.69, 9.17) is 9.47 Å². The van der Waals surface area contributed by atoms with Crippen LogP contribution in [-0.2, 0) is 6.54 Å². The van der Waals surface area contributed by atoms with Gasteiger partial charge in [-0.1, -0.05) is 6.07 Å². The lowest BCUT2D eigenvalue weighted by Crippen LogP contribution is -2.49. The number of ether oxygens (including phenoxy) is 2. The van der Waals surface area contributed by atoms with Gasteiger partial charge < -0.3 is 19.7 Å². The molecule has 10 nitrogen and oxygen atoms in total. The zero-order valence-corrected chi connectivity index (χ0v) is 17.9. The highest BCUT2D eigenvalue weighted by atomic mass is 19.1. The Morgan fingerprint density at radius 1 is 1.06 bits per heavy atom. The molecule has 1 aliphatic heterocycles. The summed E-state index contributed by atoms with van der Waals surface area (Å²) in [5.41, 5.74) is 1.17. The second-order valence-electron chi connectivity index (χ2n) is 7.28. The van der Waals surface area contributed by atoms with E-state index in [1.54, 1.807) is 49.5 Å². The molecule has 3 aromatic rings. The Hall–Kier alpha value is -3.73. The number of halogens is 1. The highest BCUT2D eigenvalue weighted by Crippen LogP contribution is 2.26. The van der Waals surface area contributed by atoms with E-state index in [9.17, 15) is 9.18 Å². The van der Waals surface area contributed by atoms with Crippen molar-refractivity contribution in [1.82, 2.24) is 30.0 Å². The van der Waals surface area contributed by atoms with Crippen molar-refractivity contribution >= 4 is 11.7 Å². The zero-order chi connectivity index (χ0) is 22.5. The number of amides is 2. The molecule has 2 amide bonds. The molecule has 4 rings (SSSR count). The first kappa shape index (κ1) is 21.5. The predicted molar refractivity (Wildman–Crippen MR) is 115 cm³/mol. The van der Waals surface area contributed by atoms with Crippen molar-refractivity contribution in [3.05, 3.63) is 54.1 Å². The number of aromatic nitrogens is 4.